The molecule has 1 aromatic heterocycles. The van der Waals surface area contributed by atoms with E-state index in [9.17, 15) is 0 Å². The van der Waals surface area contributed by atoms with Crippen LogP contribution in [0.4, 0.5) is 0 Å². The monoisotopic (exact) mass is 255 g/mol. The van der Waals surface area contributed by atoms with Crippen LogP contribution in [0.3, 0.4) is 0 Å². The van der Waals surface area contributed by atoms with Gasteiger partial charge in [-0.2, -0.15) is 4.98 Å². The molecule has 19 heavy (non-hydrogen) atoms. The number of nitrogens with zero attached hydrogens (tertiary/aromatic N) is 2. The quantitative estimate of drug-likeness (QED) is 0.894. The molecule has 2 aliphatic rings. The number of aryl methyl sites for hydroxylation is 1. The maximum Gasteiger partial charge on any atom is 0.229 e. The van der Waals surface area contributed by atoms with Gasteiger partial charge in [0, 0.05) is 5.92 Å². The summed E-state index contributed by atoms with van der Waals surface area (Å²) in [5, 5.41) is 4.13. The summed E-state index contributed by atoms with van der Waals surface area (Å²) in [4.78, 5) is 4.54. The van der Waals surface area contributed by atoms with Crippen LogP contribution in [0.1, 0.15) is 48.0 Å². The minimum absolute atomic E-state index is 0.467. The van der Waals surface area contributed by atoms with Gasteiger partial charge in [0.1, 0.15) is 0 Å². The fourth-order valence-electron chi connectivity index (χ4n) is 2.88. The molecule has 2 aromatic rings. The molecule has 0 bridgehead atoms. The minimum atomic E-state index is -0.467. The lowest BCUT2D eigenvalue weighted by molar-refractivity contribution is 0.325. The van der Waals surface area contributed by atoms with Crippen molar-refractivity contribution in [3.63, 3.8) is 0 Å². The van der Waals surface area contributed by atoms with Crippen molar-refractivity contribution in [1.29, 1.82) is 0 Å². The Hall–Kier alpha value is -1.68. The van der Waals surface area contributed by atoms with Crippen LogP contribution >= 0.6 is 0 Å². The van der Waals surface area contributed by atoms with Gasteiger partial charge in [-0.05, 0) is 43.2 Å². The molecule has 0 amide bonds. The average Bonchev–Trinajstić information content (AvgIpc) is 3.15. The summed E-state index contributed by atoms with van der Waals surface area (Å²) in [6, 6.07) is 8.48. The van der Waals surface area contributed by atoms with Crippen LogP contribution in [0, 0.1) is 0 Å². The lowest BCUT2D eigenvalue weighted by Gasteiger charge is -2.31. The fraction of sp³-hybridized carbons (Fsp3) is 0.467. The molecule has 0 radical (unpaired) electrons. The first-order valence-electron chi connectivity index (χ1n) is 6.94. The van der Waals surface area contributed by atoms with Gasteiger partial charge >= 0.3 is 0 Å². The zero-order valence-electron chi connectivity index (χ0n) is 10.8. The summed E-state index contributed by atoms with van der Waals surface area (Å²) in [5.74, 6) is 1.95. The number of aromatic nitrogens is 2. The zero-order valence-corrected chi connectivity index (χ0v) is 10.8. The maximum absolute atomic E-state index is 6.54. The Kier molecular flexibility index (Phi) is 2.30. The number of fused-ring (bicyclic) bond motifs is 1. The fourth-order valence-corrected chi connectivity index (χ4v) is 2.88. The second-order valence-electron chi connectivity index (χ2n) is 5.83. The molecule has 0 aliphatic heterocycles. The van der Waals surface area contributed by atoms with Gasteiger partial charge in [0.15, 0.2) is 5.82 Å². The number of nitrogens with two attached hydrogens (primary N) is 1. The standard InChI is InChI=1S/C15H17N3O/c16-15(14-17-13(19-18-14)11-5-6-11)8-7-10-3-1-2-4-12(10)9-15/h1-4,11H,5-9,16H2. The molecule has 1 unspecified atom stereocenters. The van der Waals surface area contributed by atoms with Gasteiger partial charge in [-0.25, -0.2) is 0 Å². The minimum Gasteiger partial charge on any atom is -0.339 e. The Balaban J connectivity index is 1.66. The van der Waals surface area contributed by atoms with E-state index in [-0.39, 0.29) is 0 Å². The van der Waals surface area contributed by atoms with Crippen molar-refractivity contribution < 1.29 is 4.52 Å². The van der Waals surface area contributed by atoms with Gasteiger partial charge in [-0.15, -0.1) is 0 Å². The van der Waals surface area contributed by atoms with Crippen molar-refractivity contribution in [1.82, 2.24) is 10.1 Å². The van der Waals surface area contributed by atoms with Gasteiger partial charge in [-0.3, -0.25) is 0 Å². The van der Waals surface area contributed by atoms with E-state index in [2.05, 4.69) is 34.4 Å². The van der Waals surface area contributed by atoms with Gasteiger partial charge in [-0.1, -0.05) is 29.4 Å². The Morgan fingerprint density at radius 2 is 2.00 bits per heavy atom. The van der Waals surface area contributed by atoms with Gasteiger partial charge in [0.25, 0.3) is 0 Å². The Bertz CT molecular complexity index is 617. The highest BCUT2D eigenvalue weighted by Crippen LogP contribution is 2.40. The van der Waals surface area contributed by atoms with E-state index in [1.54, 1.807) is 0 Å². The molecular weight excluding hydrogens is 238 g/mol. The SMILES string of the molecule is NC1(c2noc(C3CC3)n2)CCc2ccccc2C1. The van der Waals surface area contributed by atoms with E-state index in [1.165, 1.54) is 24.0 Å². The maximum atomic E-state index is 6.54. The van der Waals surface area contributed by atoms with Crippen LogP contribution in [0.15, 0.2) is 28.8 Å². The largest absolute Gasteiger partial charge is 0.339 e. The molecule has 98 valence electrons. The first-order chi connectivity index (χ1) is 9.24. The lowest BCUT2D eigenvalue weighted by Crippen LogP contribution is -2.43. The molecule has 1 aromatic carbocycles. The van der Waals surface area contributed by atoms with Crippen LogP contribution in [0.25, 0.3) is 0 Å². The molecular formula is C15H17N3O. The number of benzene rings is 1. The molecule has 1 fully saturated rings. The van der Waals surface area contributed by atoms with Crippen molar-refractivity contribution in [3.8, 4) is 0 Å². The van der Waals surface area contributed by atoms with Crippen LogP contribution in [0.5, 0.6) is 0 Å². The van der Waals surface area contributed by atoms with Crippen LogP contribution in [0.2, 0.25) is 0 Å². The molecule has 1 atom stereocenters. The van der Waals surface area contributed by atoms with E-state index in [4.69, 9.17) is 10.3 Å². The highest BCUT2D eigenvalue weighted by molar-refractivity contribution is 5.33. The molecule has 2 N–H and O–H groups in total. The molecule has 2 aliphatic carbocycles. The summed E-state index contributed by atoms with van der Waals surface area (Å²) >= 11 is 0. The smallest absolute Gasteiger partial charge is 0.229 e. The van der Waals surface area contributed by atoms with Crippen LogP contribution in [-0.2, 0) is 18.4 Å². The van der Waals surface area contributed by atoms with Gasteiger partial charge in [0.2, 0.25) is 5.89 Å². The van der Waals surface area contributed by atoms with Crippen LogP contribution in [-0.4, -0.2) is 10.1 Å². The Morgan fingerprint density at radius 3 is 2.79 bits per heavy atom. The second-order valence-corrected chi connectivity index (χ2v) is 5.83. The van der Waals surface area contributed by atoms with Crippen molar-refractivity contribution in [2.75, 3.05) is 0 Å². The highest BCUT2D eigenvalue weighted by Gasteiger charge is 2.38. The third-order valence-electron chi connectivity index (χ3n) is 4.28. The molecule has 4 rings (SSSR count). The predicted octanol–water partition coefficient (Wildman–Crippen LogP) is 2.29. The summed E-state index contributed by atoms with van der Waals surface area (Å²) < 4.78 is 5.35. The zero-order chi connectivity index (χ0) is 12.9. The molecule has 4 nitrogen and oxygen atoms in total. The second kappa shape index (κ2) is 3.90. The van der Waals surface area contributed by atoms with Crippen molar-refractivity contribution in [3.05, 3.63) is 47.1 Å². The van der Waals surface area contributed by atoms with Crippen LogP contribution < -0.4 is 5.73 Å². The lowest BCUT2D eigenvalue weighted by atomic mass is 9.78. The average molecular weight is 255 g/mol. The van der Waals surface area contributed by atoms with Crippen molar-refractivity contribution in [2.24, 2.45) is 5.73 Å². The first kappa shape index (κ1) is 11.2. The van der Waals surface area contributed by atoms with Crippen molar-refractivity contribution in [2.45, 2.75) is 43.6 Å². The number of hydrogen-bond donors (Lipinski definition) is 1. The number of hydrogen-bond acceptors (Lipinski definition) is 4. The topological polar surface area (TPSA) is 64.9 Å². The summed E-state index contributed by atoms with van der Waals surface area (Å²) in [5.41, 5.74) is 8.79. The third-order valence-corrected chi connectivity index (χ3v) is 4.28. The van der Waals surface area contributed by atoms with Gasteiger partial charge < -0.3 is 10.3 Å². The predicted molar refractivity (Wildman–Crippen MR) is 70.6 cm³/mol. The van der Waals surface area contributed by atoms with E-state index in [1.807, 2.05) is 0 Å². The van der Waals surface area contributed by atoms with E-state index in [0.717, 1.165) is 25.2 Å². The summed E-state index contributed by atoms with van der Waals surface area (Å²) in [6.07, 6.45) is 5.00. The Labute approximate surface area is 112 Å². The first-order valence-corrected chi connectivity index (χ1v) is 6.94. The highest BCUT2D eigenvalue weighted by atomic mass is 16.5. The normalized spacial score (nSPS) is 26.2. The Morgan fingerprint density at radius 1 is 1.21 bits per heavy atom. The molecule has 1 saturated carbocycles. The molecule has 1 heterocycles. The molecule has 0 saturated heterocycles. The summed E-state index contributed by atoms with van der Waals surface area (Å²) in [6.45, 7) is 0. The van der Waals surface area contributed by atoms with E-state index >= 15 is 0 Å². The molecule has 0 spiro atoms. The van der Waals surface area contributed by atoms with Gasteiger partial charge in [0.05, 0.1) is 5.54 Å². The molecule has 4 heteroatoms. The van der Waals surface area contributed by atoms with E-state index < -0.39 is 5.54 Å². The van der Waals surface area contributed by atoms with E-state index in [0.29, 0.717) is 11.7 Å². The summed E-state index contributed by atoms with van der Waals surface area (Å²) in [7, 11) is 0. The number of rotatable bonds is 2. The van der Waals surface area contributed by atoms with Crippen molar-refractivity contribution >= 4 is 0 Å². The third kappa shape index (κ3) is 1.87.